The Morgan fingerprint density at radius 3 is 2.23 bits per heavy atom. The van der Waals surface area contributed by atoms with Gasteiger partial charge in [0.2, 0.25) is 0 Å². The van der Waals surface area contributed by atoms with Crippen LogP contribution in [0.3, 0.4) is 0 Å². The summed E-state index contributed by atoms with van der Waals surface area (Å²) in [6, 6.07) is -0.209. The predicted octanol–water partition coefficient (Wildman–Crippen LogP) is 1.43. The summed E-state index contributed by atoms with van der Waals surface area (Å²) < 4.78 is 5.12. The third-order valence-electron chi connectivity index (χ3n) is 2.41. The summed E-state index contributed by atoms with van der Waals surface area (Å²) in [5.74, 6) is 0.806. The molecule has 13 heavy (non-hydrogen) atoms. The first-order chi connectivity index (χ1) is 5.99. The molecule has 0 saturated carbocycles. The minimum Gasteiger partial charge on any atom is -0.464 e. The summed E-state index contributed by atoms with van der Waals surface area (Å²) in [5.41, 5.74) is 0. The molecule has 0 fully saturated rings. The largest absolute Gasteiger partial charge is 0.464 e. The Balaban J connectivity index is 3.70. The summed E-state index contributed by atoms with van der Waals surface area (Å²) in [7, 11) is 1.75. The van der Waals surface area contributed by atoms with Crippen molar-refractivity contribution in [3.63, 3.8) is 0 Å². The summed E-state index contributed by atoms with van der Waals surface area (Å²) in [4.78, 5) is 11.2. The Morgan fingerprint density at radius 2 is 1.85 bits per heavy atom. The normalized spacial score (nSPS) is 15.5. The van der Waals surface area contributed by atoms with E-state index in [1.165, 1.54) is 0 Å². The second-order valence-electron chi connectivity index (χ2n) is 3.86. The highest BCUT2D eigenvalue weighted by molar-refractivity contribution is 5.75. The molecule has 0 aliphatic rings. The van der Waals surface area contributed by atoms with Crippen molar-refractivity contribution in [1.82, 2.24) is 5.32 Å². The van der Waals surface area contributed by atoms with Gasteiger partial charge < -0.3 is 10.1 Å². The van der Waals surface area contributed by atoms with E-state index in [2.05, 4.69) is 26.1 Å². The number of rotatable bonds is 5. The smallest absolute Gasteiger partial charge is 0.322 e. The first kappa shape index (κ1) is 12.4. The van der Waals surface area contributed by atoms with E-state index in [1.807, 2.05) is 0 Å². The number of ether oxygens (including phenoxy) is 1. The van der Waals surface area contributed by atoms with Crippen LogP contribution in [0.4, 0.5) is 0 Å². The number of likely N-dealkylation sites (N-methyl/N-ethyl adjacent to an activating group) is 1. The van der Waals surface area contributed by atoms with Gasteiger partial charge in [0, 0.05) is 0 Å². The van der Waals surface area contributed by atoms with Crippen molar-refractivity contribution in [2.45, 2.75) is 33.7 Å². The second-order valence-corrected chi connectivity index (χ2v) is 3.86. The predicted molar refractivity (Wildman–Crippen MR) is 53.5 cm³/mol. The zero-order valence-corrected chi connectivity index (χ0v) is 9.26. The lowest BCUT2D eigenvalue weighted by Crippen LogP contribution is -2.33. The number of esters is 1. The van der Waals surface area contributed by atoms with Gasteiger partial charge in [-0.3, -0.25) is 4.79 Å². The standard InChI is InChI=1S/C10H21NO2/c1-7(2)8(3)6-13-10(12)9(4)11-5/h7-9,11H,6H2,1-5H3. The molecule has 0 radical (unpaired) electrons. The molecule has 1 N–H and O–H groups in total. The molecule has 0 aromatic heterocycles. The van der Waals surface area contributed by atoms with Crippen LogP contribution in [-0.2, 0) is 9.53 Å². The molecule has 0 bridgehead atoms. The Labute approximate surface area is 80.8 Å². The molecule has 78 valence electrons. The maximum absolute atomic E-state index is 11.2. The van der Waals surface area contributed by atoms with E-state index in [9.17, 15) is 4.79 Å². The third kappa shape index (κ3) is 4.88. The van der Waals surface area contributed by atoms with Crippen LogP contribution in [0.25, 0.3) is 0 Å². The molecule has 2 atom stereocenters. The number of hydrogen-bond donors (Lipinski definition) is 1. The molecule has 0 spiro atoms. The molecular formula is C10H21NO2. The van der Waals surface area contributed by atoms with E-state index in [1.54, 1.807) is 14.0 Å². The van der Waals surface area contributed by atoms with Crippen molar-refractivity contribution in [3.8, 4) is 0 Å². The fraction of sp³-hybridized carbons (Fsp3) is 0.900. The molecule has 0 amide bonds. The zero-order chi connectivity index (χ0) is 10.4. The molecule has 3 heteroatoms. The monoisotopic (exact) mass is 187 g/mol. The minimum absolute atomic E-state index is 0.171. The molecule has 0 aromatic carbocycles. The fourth-order valence-corrected chi connectivity index (χ4v) is 0.649. The van der Waals surface area contributed by atoms with Crippen molar-refractivity contribution in [3.05, 3.63) is 0 Å². The third-order valence-corrected chi connectivity index (χ3v) is 2.41. The maximum atomic E-state index is 11.2. The number of carbonyl (C=O) groups is 1. The number of nitrogens with one attached hydrogen (secondary N) is 1. The minimum atomic E-state index is -0.209. The highest BCUT2D eigenvalue weighted by Gasteiger charge is 2.14. The first-order valence-electron chi connectivity index (χ1n) is 4.83. The zero-order valence-electron chi connectivity index (χ0n) is 9.26. The van der Waals surface area contributed by atoms with Crippen LogP contribution in [-0.4, -0.2) is 25.7 Å². The van der Waals surface area contributed by atoms with Crippen molar-refractivity contribution < 1.29 is 9.53 Å². The summed E-state index contributed by atoms with van der Waals surface area (Å²) in [6.07, 6.45) is 0. The first-order valence-corrected chi connectivity index (χ1v) is 4.83. The second kappa shape index (κ2) is 5.97. The summed E-state index contributed by atoms with van der Waals surface area (Å²) in [5, 5.41) is 2.84. The maximum Gasteiger partial charge on any atom is 0.322 e. The Bertz CT molecular complexity index is 157. The van der Waals surface area contributed by atoms with E-state index in [4.69, 9.17) is 4.74 Å². The van der Waals surface area contributed by atoms with Gasteiger partial charge in [0.05, 0.1) is 6.61 Å². The molecular weight excluding hydrogens is 166 g/mol. The average Bonchev–Trinajstić information content (AvgIpc) is 2.11. The van der Waals surface area contributed by atoms with E-state index >= 15 is 0 Å². The van der Waals surface area contributed by atoms with E-state index in [0.29, 0.717) is 18.4 Å². The molecule has 0 rings (SSSR count). The van der Waals surface area contributed by atoms with Crippen molar-refractivity contribution in [1.29, 1.82) is 0 Å². The number of hydrogen-bond acceptors (Lipinski definition) is 3. The fourth-order valence-electron chi connectivity index (χ4n) is 0.649. The van der Waals surface area contributed by atoms with Crippen LogP contribution < -0.4 is 5.32 Å². The van der Waals surface area contributed by atoms with Gasteiger partial charge >= 0.3 is 5.97 Å². The Kier molecular flexibility index (Phi) is 5.71. The van der Waals surface area contributed by atoms with Crippen molar-refractivity contribution in [2.75, 3.05) is 13.7 Å². The molecule has 0 heterocycles. The van der Waals surface area contributed by atoms with Crippen molar-refractivity contribution in [2.24, 2.45) is 11.8 Å². The average molecular weight is 187 g/mol. The summed E-state index contributed by atoms with van der Waals surface area (Å²) in [6.45, 7) is 8.65. The molecule has 0 saturated heterocycles. The van der Waals surface area contributed by atoms with Gasteiger partial charge in [0.25, 0.3) is 0 Å². The molecule has 0 aliphatic heterocycles. The van der Waals surface area contributed by atoms with Crippen LogP contribution in [0.15, 0.2) is 0 Å². The molecule has 0 aliphatic carbocycles. The lowest BCUT2D eigenvalue weighted by Gasteiger charge is -2.17. The lowest BCUT2D eigenvalue weighted by atomic mass is 9.99. The van der Waals surface area contributed by atoms with Gasteiger partial charge in [-0.25, -0.2) is 0 Å². The SMILES string of the molecule is CNC(C)C(=O)OCC(C)C(C)C. The molecule has 2 unspecified atom stereocenters. The van der Waals surface area contributed by atoms with E-state index in [-0.39, 0.29) is 12.0 Å². The molecule has 3 nitrogen and oxygen atoms in total. The van der Waals surface area contributed by atoms with Crippen molar-refractivity contribution >= 4 is 5.97 Å². The van der Waals surface area contributed by atoms with Gasteiger partial charge in [-0.05, 0) is 25.8 Å². The van der Waals surface area contributed by atoms with Crippen LogP contribution >= 0.6 is 0 Å². The van der Waals surface area contributed by atoms with Gasteiger partial charge in [0.15, 0.2) is 0 Å². The van der Waals surface area contributed by atoms with Gasteiger partial charge in [-0.1, -0.05) is 20.8 Å². The van der Waals surface area contributed by atoms with Crippen LogP contribution in [0.5, 0.6) is 0 Å². The van der Waals surface area contributed by atoms with E-state index < -0.39 is 0 Å². The van der Waals surface area contributed by atoms with Gasteiger partial charge in [-0.15, -0.1) is 0 Å². The Hall–Kier alpha value is -0.570. The highest BCUT2D eigenvalue weighted by Crippen LogP contribution is 2.09. The van der Waals surface area contributed by atoms with E-state index in [0.717, 1.165) is 0 Å². The summed E-state index contributed by atoms with van der Waals surface area (Å²) >= 11 is 0. The number of carbonyl (C=O) groups excluding carboxylic acids is 1. The lowest BCUT2D eigenvalue weighted by molar-refractivity contribution is -0.147. The van der Waals surface area contributed by atoms with Gasteiger partial charge in [0.1, 0.15) is 6.04 Å². The van der Waals surface area contributed by atoms with Crippen LogP contribution in [0, 0.1) is 11.8 Å². The van der Waals surface area contributed by atoms with Gasteiger partial charge in [-0.2, -0.15) is 0 Å². The van der Waals surface area contributed by atoms with Crippen LogP contribution in [0.2, 0.25) is 0 Å². The van der Waals surface area contributed by atoms with Crippen LogP contribution in [0.1, 0.15) is 27.7 Å². The Morgan fingerprint density at radius 1 is 1.31 bits per heavy atom. The topological polar surface area (TPSA) is 38.3 Å². The molecule has 0 aromatic rings. The highest BCUT2D eigenvalue weighted by atomic mass is 16.5. The quantitative estimate of drug-likeness (QED) is 0.662.